The van der Waals surface area contributed by atoms with Crippen LogP contribution in [-0.4, -0.2) is 4.98 Å². The largest absolute Gasteiger partial charge is 0.455 e. The Morgan fingerprint density at radius 2 is 1.36 bits per heavy atom. The van der Waals surface area contributed by atoms with Crippen LogP contribution < -0.4 is 0 Å². The van der Waals surface area contributed by atoms with Gasteiger partial charge < -0.3 is 4.42 Å². The van der Waals surface area contributed by atoms with Crippen LogP contribution in [0, 0.1) is 5.41 Å². The number of pyridine rings is 1. The Balaban J connectivity index is 1.62. The highest BCUT2D eigenvalue weighted by molar-refractivity contribution is 6.14. The molecule has 0 unspecified atom stereocenters. The molecule has 0 N–H and O–H groups in total. The van der Waals surface area contributed by atoms with Crippen LogP contribution in [0.2, 0.25) is 0 Å². The van der Waals surface area contributed by atoms with Crippen molar-refractivity contribution in [3.63, 3.8) is 0 Å². The van der Waals surface area contributed by atoms with Crippen LogP contribution in [0.5, 0.6) is 0 Å². The molecule has 6 aromatic rings. The first kappa shape index (κ1) is 20.1. The van der Waals surface area contributed by atoms with Crippen molar-refractivity contribution in [1.82, 2.24) is 4.98 Å². The second-order valence-corrected chi connectivity index (χ2v) is 10.2. The zero-order valence-electron chi connectivity index (χ0n) is 22.7. The molecule has 2 heterocycles. The van der Waals surface area contributed by atoms with Crippen molar-refractivity contribution < 1.29 is 7.16 Å². The summed E-state index contributed by atoms with van der Waals surface area (Å²) in [6, 6.07) is 34.9. The number of hydrogen-bond donors (Lipinski definition) is 0. The van der Waals surface area contributed by atoms with Crippen molar-refractivity contribution in [2.75, 3.05) is 0 Å². The van der Waals surface area contributed by atoms with Crippen LogP contribution in [-0.2, 0) is 6.37 Å². The number of fused-ring (bicyclic) bond motifs is 3. The van der Waals surface area contributed by atoms with Crippen molar-refractivity contribution in [3.8, 4) is 33.5 Å². The van der Waals surface area contributed by atoms with E-state index in [0.717, 1.165) is 49.8 Å². The standard InChI is InChI=1S/C34H29NO/c1-34(2,3)22-23-17-18-35-31(19-23)28-16-10-15-27-30-21-26(24-11-6-4-7-12-24)20-29(33(30)36-32(27)28)25-13-8-5-9-14-25/h4-21H,22H2,1-3H3/i22D2. The fourth-order valence-electron chi connectivity index (χ4n) is 4.82. The van der Waals surface area contributed by atoms with Gasteiger partial charge in [0.25, 0.3) is 0 Å². The molecule has 0 atom stereocenters. The molecule has 0 amide bonds. The molecule has 0 bridgehead atoms. The van der Waals surface area contributed by atoms with E-state index in [1.165, 1.54) is 0 Å². The molecular formula is C34H29NO. The summed E-state index contributed by atoms with van der Waals surface area (Å²) in [5.41, 5.74) is 7.60. The quantitative estimate of drug-likeness (QED) is 0.257. The molecule has 0 fully saturated rings. The van der Waals surface area contributed by atoms with E-state index in [-0.39, 0.29) is 0 Å². The fraction of sp³-hybridized carbons (Fsp3) is 0.147. The van der Waals surface area contributed by atoms with E-state index in [4.69, 9.17) is 7.16 Å². The first-order valence-corrected chi connectivity index (χ1v) is 12.3. The first-order valence-electron chi connectivity index (χ1n) is 13.3. The number of benzene rings is 4. The van der Waals surface area contributed by atoms with Crippen molar-refractivity contribution in [2.24, 2.45) is 5.41 Å². The van der Waals surface area contributed by atoms with Crippen LogP contribution in [0.15, 0.2) is 114 Å². The summed E-state index contributed by atoms with van der Waals surface area (Å²) in [6.07, 6.45) is 0.177. The van der Waals surface area contributed by atoms with E-state index < -0.39 is 11.8 Å². The molecule has 176 valence electrons. The Labute approximate surface area is 215 Å². The second-order valence-electron chi connectivity index (χ2n) is 10.2. The summed E-state index contributed by atoms with van der Waals surface area (Å²) in [7, 11) is 0. The van der Waals surface area contributed by atoms with Gasteiger partial charge in [0, 0.05) is 30.8 Å². The van der Waals surface area contributed by atoms with Crippen LogP contribution >= 0.6 is 0 Å². The summed E-state index contributed by atoms with van der Waals surface area (Å²) in [5.74, 6) is 0. The van der Waals surface area contributed by atoms with Gasteiger partial charge in [-0.2, -0.15) is 0 Å². The Morgan fingerprint density at radius 3 is 2.08 bits per heavy atom. The van der Waals surface area contributed by atoms with Gasteiger partial charge in [0.1, 0.15) is 11.2 Å². The molecule has 2 aromatic heterocycles. The highest BCUT2D eigenvalue weighted by atomic mass is 16.3. The first-order chi connectivity index (χ1) is 18.2. The number of aromatic nitrogens is 1. The van der Waals surface area contributed by atoms with E-state index >= 15 is 0 Å². The lowest BCUT2D eigenvalue weighted by Gasteiger charge is -2.18. The average molecular weight is 470 g/mol. The molecule has 0 spiro atoms. The van der Waals surface area contributed by atoms with E-state index in [0.29, 0.717) is 11.3 Å². The number of hydrogen-bond acceptors (Lipinski definition) is 2. The SMILES string of the molecule is [2H]C([2H])(c1ccnc(-c2cccc3c2oc2c(-c4ccccc4)cc(-c4ccccc4)cc23)c1)C(C)(C)C. The lowest BCUT2D eigenvalue weighted by molar-refractivity contribution is 0.411. The summed E-state index contributed by atoms with van der Waals surface area (Å²) in [5, 5.41) is 2.06. The normalized spacial score (nSPS) is 13.1. The third-order valence-corrected chi connectivity index (χ3v) is 6.35. The van der Waals surface area contributed by atoms with Gasteiger partial charge in [0.15, 0.2) is 0 Å². The minimum absolute atomic E-state index is 0.560. The van der Waals surface area contributed by atoms with Gasteiger partial charge in [-0.1, -0.05) is 93.6 Å². The van der Waals surface area contributed by atoms with Gasteiger partial charge in [-0.05, 0) is 64.4 Å². The summed E-state index contributed by atoms with van der Waals surface area (Å²) < 4.78 is 24.2. The van der Waals surface area contributed by atoms with Gasteiger partial charge in [-0.25, -0.2) is 0 Å². The average Bonchev–Trinajstić information content (AvgIpc) is 3.32. The predicted octanol–water partition coefficient (Wildman–Crippen LogP) is 9.57. The van der Waals surface area contributed by atoms with Gasteiger partial charge >= 0.3 is 0 Å². The van der Waals surface area contributed by atoms with Crippen molar-refractivity contribution in [1.29, 1.82) is 0 Å². The zero-order chi connectivity index (χ0) is 26.5. The molecule has 0 saturated heterocycles. The van der Waals surface area contributed by atoms with Gasteiger partial charge in [0.05, 0.1) is 5.69 Å². The van der Waals surface area contributed by atoms with E-state index in [1.54, 1.807) is 12.3 Å². The highest BCUT2D eigenvalue weighted by Gasteiger charge is 2.19. The van der Waals surface area contributed by atoms with Crippen molar-refractivity contribution in [3.05, 3.63) is 115 Å². The second kappa shape index (κ2) is 8.80. The molecule has 36 heavy (non-hydrogen) atoms. The third-order valence-electron chi connectivity index (χ3n) is 6.35. The fourth-order valence-corrected chi connectivity index (χ4v) is 4.82. The maximum absolute atomic E-state index is 8.77. The molecule has 0 aliphatic carbocycles. The molecule has 2 heteroatoms. The van der Waals surface area contributed by atoms with Gasteiger partial charge in [-0.15, -0.1) is 0 Å². The zero-order valence-corrected chi connectivity index (χ0v) is 20.7. The highest BCUT2D eigenvalue weighted by Crippen LogP contribution is 2.42. The van der Waals surface area contributed by atoms with E-state index in [2.05, 4.69) is 59.6 Å². The van der Waals surface area contributed by atoms with Gasteiger partial charge in [-0.3, -0.25) is 4.98 Å². The number of furan rings is 1. The molecule has 6 rings (SSSR count). The monoisotopic (exact) mass is 469 g/mol. The van der Waals surface area contributed by atoms with E-state index in [9.17, 15) is 0 Å². The molecule has 2 nitrogen and oxygen atoms in total. The Morgan fingerprint density at radius 1 is 0.667 bits per heavy atom. The number of para-hydroxylation sites is 1. The van der Waals surface area contributed by atoms with Crippen LogP contribution in [0.25, 0.3) is 55.4 Å². The molecule has 0 aliphatic heterocycles. The lowest BCUT2D eigenvalue weighted by atomic mass is 9.88. The molecule has 0 saturated carbocycles. The molecule has 0 radical (unpaired) electrons. The molecular weight excluding hydrogens is 438 g/mol. The minimum atomic E-state index is -1.52. The maximum atomic E-state index is 8.77. The third kappa shape index (κ3) is 4.20. The van der Waals surface area contributed by atoms with Crippen LogP contribution in [0.4, 0.5) is 0 Å². The summed E-state index contributed by atoms with van der Waals surface area (Å²) in [6.45, 7) is 5.76. The topological polar surface area (TPSA) is 26.0 Å². The maximum Gasteiger partial charge on any atom is 0.144 e. The number of rotatable bonds is 4. The summed E-state index contributed by atoms with van der Waals surface area (Å²) in [4.78, 5) is 4.64. The van der Waals surface area contributed by atoms with E-state index in [1.807, 2.05) is 63.2 Å². The van der Waals surface area contributed by atoms with Crippen molar-refractivity contribution in [2.45, 2.75) is 27.1 Å². The smallest absolute Gasteiger partial charge is 0.144 e. The van der Waals surface area contributed by atoms with Crippen LogP contribution in [0.1, 0.15) is 29.1 Å². The Bertz CT molecular complexity index is 1760. The van der Waals surface area contributed by atoms with Crippen molar-refractivity contribution >= 4 is 21.9 Å². The van der Waals surface area contributed by atoms with Gasteiger partial charge in [0.2, 0.25) is 0 Å². The number of nitrogens with zero attached hydrogens (tertiary/aromatic N) is 1. The summed E-state index contributed by atoms with van der Waals surface area (Å²) >= 11 is 0. The minimum Gasteiger partial charge on any atom is -0.455 e. The lowest BCUT2D eigenvalue weighted by Crippen LogP contribution is -2.09. The molecule has 4 aromatic carbocycles. The Kier molecular flexibility index (Phi) is 4.91. The van der Waals surface area contributed by atoms with Crippen LogP contribution in [0.3, 0.4) is 0 Å². The Hall–Kier alpha value is -4.17. The molecule has 0 aliphatic rings. The predicted molar refractivity (Wildman–Crippen MR) is 151 cm³/mol.